The number of primary amides is 1. The van der Waals surface area contributed by atoms with Crippen LogP contribution in [0.5, 0.6) is 5.75 Å². The van der Waals surface area contributed by atoms with E-state index in [2.05, 4.69) is 9.69 Å². The number of ether oxygens (including phenoxy) is 1. The van der Waals surface area contributed by atoms with Crippen molar-refractivity contribution in [1.82, 2.24) is 9.69 Å². The smallest absolute Gasteiger partial charge is 0.273 e. The van der Waals surface area contributed by atoms with E-state index < -0.39 is 29.3 Å². The lowest BCUT2D eigenvalue weighted by Gasteiger charge is -2.33. The third kappa shape index (κ3) is 5.83. The van der Waals surface area contributed by atoms with Gasteiger partial charge in [0.05, 0.1) is 12.8 Å². The van der Waals surface area contributed by atoms with Crippen molar-refractivity contribution in [3.63, 3.8) is 0 Å². The lowest BCUT2D eigenvalue weighted by molar-refractivity contribution is -0.123. The van der Waals surface area contributed by atoms with Gasteiger partial charge >= 0.3 is 0 Å². The highest BCUT2D eigenvalue weighted by Gasteiger charge is 2.37. The normalized spacial score (nSPS) is 12.0. The Hall–Kier alpha value is -3.92. The van der Waals surface area contributed by atoms with Gasteiger partial charge in [-0.1, -0.05) is 31.2 Å². The number of aromatic nitrogens is 1. The number of methoxy groups -OCH3 is 1. The van der Waals surface area contributed by atoms with Crippen LogP contribution >= 0.6 is 11.5 Å². The average molecular weight is 510 g/mol. The molecule has 36 heavy (non-hydrogen) atoms. The molecular formula is C26H31N5O4S. The van der Waals surface area contributed by atoms with E-state index in [1.54, 1.807) is 43.5 Å². The number of nitrogens with one attached hydrogen (secondary N) is 1. The molecule has 0 saturated heterocycles. The first-order valence-corrected chi connectivity index (χ1v) is 12.2. The molecule has 10 heteroatoms. The van der Waals surface area contributed by atoms with Crippen LogP contribution in [0.15, 0.2) is 48.5 Å². The monoisotopic (exact) mass is 509 g/mol. The van der Waals surface area contributed by atoms with Crippen molar-refractivity contribution in [3.05, 3.63) is 70.2 Å². The van der Waals surface area contributed by atoms with Crippen LogP contribution in [0.3, 0.4) is 0 Å². The molecule has 1 aromatic heterocycles. The highest BCUT2D eigenvalue weighted by molar-refractivity contribution is 7.09. The molecule has 0 spiro atoms. The van der Waals surface area contributed by atoms with Crippen molar-refractivity contribution in [2.45, 2.75) is 45.7 Å². The first-order valence-electron chi connectivity index (χ1n) is 11.4. The predicted octanol–water partition coefficient (Wildman–Crippen LogP) is 3.70. The molecule has 3 amide bonds. The van der Waals surface area contributed by atoms with Gasteiger partial charge in [-0.25, -0.2) is 0 Å². The summed E-state index contributed by atoms with van der Waals surface area (Å²) in [6.07, 6.45) is 0.810. The topological polar surface area (TPSA) is 141 Å². The molecule has 0 radical (unpaired) electrons. The summed E-state index contributed by atoms with van der Waals surface area (Å²) in [6.45, 7) is 7.60. The summed E-state index contributed by atoms with van der Waals surface area (Å²) in [4.78, 5) is 40.9. The maximum Gasteiger partial charge on any atom is 0.273 e. The Kier molecular flexibility index (Phi) is 7.99. The summed E-state index contributed by atoms with van der Waals surface area (Å²) >= 11 is 0.768. The number of amides is 3. The zero-order valence-electron chi connectivity index (χ0n) is 21.0. The Balaban J connectivity index is 2.23. The number of anilines is 2. The zero-order chi connectivity index (χ0) is 26.6. The summed E-state index contributed by atoms with van der Waals surface area (Å²) in [5.74, 6) is -1.19. The second-order valence-electron chi connectivity index (χ2n) is 9.25. The third-order valence-electron chi connectivity index (χ3n) is 5.43. The van der Waals surface area contributed by atoms with Crippen LogP contribution in [-0.4, -0.2) is 34.7 Å². The maximum atomic E-state index is 14.0. The Morgan fingerprint density at radius 3 is 2.17 bits per heavy atom. The van der Waals surface area contributed by atoms with Crippen LogP contribution in [0, 0.1) is 0 Å². The van der Waals surface area contributed by atoms with Gasteiger partial charge in [0.15, 0.2) is 5.69 Å². The number of nitrogen functional groups attached to an aromatic ring is 1. The van der Waals surface area contributed by atoms with Gasteiger partial charge in [0.1, 0.15) is 16.7 Å². The molecule has 0 saturated carbocycles. The highest BCUT2D eigenvalue weighted by atomic mass is 32.1. The number of benzene rings is 2. The summed E-state index contributed by atoms with van der Waals surface area (Å²) in [5.41, 5.74) is 12.7. The largest absolute Gasteiger partial charge is 0.497 e. The molecule has 2 aromatic carbocycles. The number of hydrogen-bond acceptors (Lipinski definition) is 7. The highest BCUT2D eigenvalue weighted by Crippen LogP contribution is 2.34. The van der Waals surface area contributed by atoms with Gasteiger partial charge in [-0.3, -0.25) is 19.3 Å². The van der Waals surface area contributed by atoms with E-state index in [0.29, 0.717) is 17.0 Å². The van der Waals surface area contributed by atoms with E-state index in [1.165, 1.54) is 4.90 Å². The van der Waals surface area contributed by atoms with E-state index in [1.807, 2.05) is 39.8 Å². The maximum absolute atomic E-state index is 14.0. The molecule has 1 unspecified atom stereocenters. The van der Waals surface area contributed by atoms with E-state index in [4.69, 9.17) is 16.2 Å². The molecule has 1 atom stereocenters. The van der Waals surface area contributed by atoms with Gasteiger partial charge in [-0.15, -0.1) is 0 Å². The predicted molar refractivity (Wildman–Crippen MR) is 141 cm³/mol. The minimum absolute atomic E-state index is 0.0189. The number of rotatable bonds is 8. The molecule has 0 bridgehead atoms. The fourth-order valence-electron chi connectivity index (χ4n) is 3.66. The number of nitrogens with zero attached hydrogens (tertiary/aromatic N) is 2. The minimum atomic E-state index is -1.06. The molecule has 0 aliphatic heterocycles. The number of carbonyl (C=O) groups excluding carboxylic acids is 3. The number of hydrogen-bond donors (Lipinski definition) is 3. The van der Waals surface area contributed by atoms with Gasteiger partial charge < -0.3 is 21.5 Å². The Bertz CT molecular complexity index is 1250. The van der Waals surface area contributed by atoms with Gasteiger partial charge in [0, 0.05) is 11.2 Å². The van der Waals surface area contributed by atoms with Crippen LogP contribution < -0.4 is 26.4 Å². The lowest BCUT2D eigenvalue weighted by Crippen LogP contribution is -2.49. The Labute approximate surface area is 214 Å². The van der Waals surface area contributed by atoms with Crippen molar-refractivity contribution in [1.29, 1.82) is 0 Å². The van der Waals surface area contributed by atoms with E-state index in [0.717, 1.165) is 23.5 Å². The van der Waals surface area contributed by atoms with Gasteiger partial charge in [-0.2, -0.15) is 4.37 Å². The van der Waals surface area contributed by atoms with Gasteiger partial charge in [0.25, 0.3) is 11.8 Å². The lowest BCUT2D eigenvalue weighted by atomic mass is 10.00. The summed E-state index contributed by atoms with van der Waals surface area (Å²) in [6, 6.07) is 13.2. The first kappa shape index (κ1) is 26.7. The van der Waals surface area contributed by atoms with Crippen LogP contribution in [0.25, 0.3) is 0 Å². The van der Waals surface area contributed by atoms with Crippen molar-refractivity contribution in [3.8, 4) is 5.75 Å². The first-order chi connectivity index (χ1) is 17.0. The minimum Gasteiger partial charge on any atom is -0.497 e. The van der Waals surface area contributed by atoms with Crippen LogP contribution in [0.4, 0.5) is 11.4 Å². The van der Waals surface area contributed by atoms with E-state index in [9.17, 15) is 14.4 Å². The molecule has 5 N–H and O–H groups in total. The molecule has 0 fully saturated rings. The van der Waals surface area contributed by atoms with Crippen molar-refractivity contribution >= 4 is 40.6 Å². The fourth-order valence-corrected chi connectivity index (χ4v) is 4.40. The molecular weight excluding hydrogens is 478 g/mol. The quantitative estimate of drug-likeness (QED) is 0.423. The number of carbonyl (C=O) groups is 3. The molecule has 0 aliphatic carbocycles. The van der Waals surface area contributed by atoms with Crippen LogP contribution in [0.1, 0.15) is 65.0 Å². The molecule has 3 aromatic rings. The summed E-state index contributed by atoms with van der Waals surface area (Å²) in [7, 11) is 1.55. The molecule has 1 heterocycles. The van der Waals surface area contributed by atoms with Crippen molar-refractivity contribution in [2.24, 2.45) is 5.73 Å². The molecule has 3 rings (SSSR count). The third-order valence-corrected chi connectivity index (χ3v) is 6.28. The summed E-state index contributed by atoms with van der Waals surface area (Å²) < 4.78 is 9.25. The van der Waals surface area contributed by atoms with Crippen LogP contribution in [-0.2, 0) is 11.2 Å². The average Bonchev–Trinajstić information content (AvgIpc) is 3.22. The van der Waals surface area contributed by atoms with Gasteiger partial charge in [-0.05, 0) is 74.1 Å². The second-order valence-corrected chi connectivity index (χ2v) is 10.0. The standard InChI is InChI=1S/C26H31N5O4S/c1-6-15-7-11-17(12-8-15)31(25(34)22-19(27)20(23(28)32)30-36-22)21(24(33)29-26(2,3)4)16-9-13-18(35-5)14-10-16/h7-14,21H,6,27H2,1-5H3,(H2,28,32)(H,29,33). The number of nitrogens with two attached hydrogens (primary N) is 2. The van der Waals surface area contributed by atoms with E-state index >= 15 is 0 Å². The van der Waals surface area contributed by atoms with Gasteiger partial charge in [0.2, 0.25) is 5.91 Å². The molecule has 9 nitrogen and oxygen atoms in total. The second kappa shape index (κ2) is 10.8. The summed E-state index contributed by atoms with van der Waals surface area (Å²) in [5, 5.41) is 2.98. The molecule has 190 valence electrons. The fraction of sp³-hybridized carbons (Fsp3) is 0.308. The van der Waals surface area contributed by atoms with E-state index in [-0.39, 0.29) is 16.3 Å². The Morgan fingerprint density at radius 2 is 1.69 bits per heavy atom. The Morgan fingerprint density at radius 1 is 1.08 bits per heavy atom. The molecule has 0 aliphatic rings. The zero-order valence-corrected chi connectivity index (χ0v) is 21.8. The number of aryl methyl sites for hydroxylation is 1. The van der Waals surface area contributed by atoms with Crippen molar-refractivity contribution in [2.75, 3.05) is 17.7 Å². The van der Waals surface area contributed by atoms with Crippen LogP contribution in [0.2, 0.25) is 0 Å². The van der Waals surface area contributed by atoms with Crippen molar-refractivity contribution < 1.29 is 19.1 Å². The SMILES string of the molecule is CCc1ccc(N(C(=O)c2snc(C(N)=O)c2N)C(C(=O)NC(C)(C)C)c2ccc(OC)cc2)cc1.